The Hall–Kier alpha value is -1.50. The molecule has 0 amide bonds. The van der Waals surface area contributed by atoms with Crippen LogP contribution < -0.4 is 10.1 Å². The van der Waals surface area contributed by atoms with E-state index in [2.05, 4.69) is 22.0 Å². The summed E-state index contributed by atoms with van der Waals surface area (Å²) in [6, 6.07) is 3.41. The predicted octanol–water partition coefficient (Wildman–Crippen LogP) is 3.39. The van der Waals surface area contributed by atoms with Gasteiger partial charge in [-0.1, -0.05) is 6.92 Å². The minimum absolute atomic E-state index is 0.0312. The number of hydrogen-bond donors (Lipinski definition) is 1. The van der Waals surface area contributed by atoms with Crippen LogP contribution in [-0.4, -0.2) is 36.5 Å². The van der Waals surface area contributed by atoms with E-state index in [9.17, 15) is 13.2 Å². The van der Waals surface area contributed by atoms with Gasteiger partial charge in [-0.05, 0) is 25.3 Å². The van der Waals surface area contributed by atoms with Crippen molar-refractivity contribution in [3.05, 3.63) is 18.3 Å². The van der Waals surface area contributed by atoms with Gasteiger partial charge in [0.05, 0.1) is 18.0 Å². The van der Waals surface area contributed by atoms with Crippen LogP contribution in [0.3, 0.4) is 0 Å². The molecule has 1 fully saturated rings. The zero-order valence-electron chi connectivity index (χ0n) is 11.8. The van der Waals surface area contributed by atoms with E-state index in [-0.39, 0.29) is 12.0 Å². The molecule has 1 saturated heterocycles. The second-order valence-electron chi connectivity index (χ2n) is 5.06. The smallest absolute Gasteiger partial charge is 0.422 e. The summed E-state index contributed by atoms with van der Waals surface area (Å²) >= 11 is 0. The van der Waals surface area contributed by atoms with Gasteiger partial charge in [0, 0.05) is 18.7 Å². The van der Waals surface area contributed by atoms with E-state index in [4.69, 9.17) is 4.74 Å². The van der Waals surface area contributed by atoms with E-state index in [0.717, 1.165) is 31.6 Å². The second kappa shape index (κ2) is 6.98. The van der Waals surface area contributed by atoms with Crippen molar-refractivity contribution in [3.8, 4) is 5.88 Å². The first-order valence-electron chi connectivity index (χ1n) is 7.00. The number of halogens is 3. The van der Waals surface area contributed by atoms with Crippen molar-refractivity contribution >= 4 is 5.69 Å². The van der Waals surface area contributed by atoms with Gasteiger partial charge in [-0.2, -0.15) is 13.2 Å². The lowest BCUT2D eigenvalue weighted by molar-refractivity contribution is -0.154. The molecule has 0 aromatic carbocycles. The van der Waals surface area contributed by atoms with Crippen LogP contribution in [0.2, 0.25) is 0 Å². The number of pyridine rings is 1. The summed E-state index contributed by atoms with van der Waals surface area (Å²) in [4.78, 5) is 3.87. The monoisotopic (exact) mass is 304 g/mol. The summed E-state index contributed by atoms with van der Waals surface area (Å²) < 4.78 is 46.2. The molecule has 1 aliphatic heterocycles. The molecule has 1 N–H and O–H groups in total. The largest absolute Gasteiger partial charge is 0.468 e. The third-order valence-electron chi connectivity index (χ3n) is 3.31. The van der Waals surface area contributed by atoms with Crippen molar-refractivity contribution in [1.29, 1.82) is 0 Å². The highest BCUT2D eigenvalue weighted by atomic mass is 19.4. The SMILES string of the molecule is CCC1CC(Nc2ccc(OCC(F)(F)F)nc2)CCO1. The Morgan fingerprint density at radius 1 is 1.43 bits per heavy atom. The maximum atomic E-state index is 12.0. The van der Waals surface area contributed by atoms with Gasteiger partial charge in [0.1, 0.15) is 0 Å². The maximum Gasteiger partial charge on any atom is 0.422 e. The molecule has 21 heavy (non-hydrogen) atoms. The maximum absolute atomic E-state index is 12.0. The number of rotatable bonds is 5. The molecule has 0 bridgehead atoms. The van der Waals surface area contributed by atoms with E-state index < -0.39 is 12.8 Å². The van der Waals surface area contributed by atoms with Crippen molar-refractivity contribution in [1.82, 2.24) is 4.98 Å². The molecule has 1 aromatic rings. The van der Waals surface area contributed by atoms with Gasteiger partial charge in [-0.3, -0.25) is 0 Å². The van der Waals surface area contributed by atoms with Gasteiger partial charge < -0.3 is 14.8 Å². The Labute approximate surface area is 121 Å². The van der Waals surface area contributed by atoms with Gasteiger partial charge in [0.25, 0.3) is 0 Å². The number of nitrogens with zero attached hydrogens (tertiary/aromatic N) is 1. The molecule has 7 heteroatoms. The molecule has 0 radical (unpaired) electrons. The highest BCUT2D eigenvalue weighted by molar-refractivity contribution is 5.43. The van der Waals surface area contributed by atoms with Gasteiger partial charge in [0.15, 0.2) is 6.61 Å². The average Bonchev–Trinajstić information content (AvgIpc) is 2.46. The summed E-state index contributed by atoms with van der Waals surface area (Å²) in [5.41, 5.74) is 0.774. The number of nitrogens with one attached hydrogen (secondary N) is 1. The standard InChI is InChI=1S/C14H19F3N2O2/c1-2-12-7-10(5-6-20-12)19-11-3-4-13(18-8-11)21-9-14(15,16)17/h3-4,8,10,12,19H,2,5-7,9H2,1H3. The van der Waals surface area contributed by atoms with E-state index >= 15 is 0 Å². The van der Waals surface area contributed by atoms with Crippen LogP contribution in [0.25, 0.3) is 0 Å². The first kappa shape index (κ1) is 15.9. The van der Waals surface area contributed by atoms with Crippen LogP contribution in [0.15, 0.2) is 18.3 Å². The number of anilines is 1. The molecule has 2 heterocycles. The van der Waals surface area contributed by atoms with Gasteiger partial charge >= 0.3 is 6.18 Å². The average molecular weight is 304 g/mol. The molecule has 0 saturated carbocycles. The minimum atomic E-state index is -4.35. The Kier molecular flexibility index (Phi) is 5.27. The van der Waals surface area contributed by atoms with Gasteiger partial charge in [-0.25, -0.2) is 4.98 Å². The summed E-state index contributed by atoms with van der Waals surface area (Å²) in [6.07, 6.45) is 0.197. The molecule has 2 unspecified atom stereocenters. The van der Waals surface area contributed by atoms with Gasteiger partial charge in [0.2, 0.25) is 5.88 Å². The van der Waals surface area contributed by atoms with E-state index in [1.807, 2.05) is 0 Å². The zero-order chi connectivity index (χ0) is 15.3. The summed E-state index contributed by atoms with van der Waals surface area (Å²) in [5.74, 6) is -0.0312. The zero-order valence-corrected chi connectivity index (χ0v) is 11.8. The second-order valence-corrected chi connectivity index (χ2v) is 5.06. The van der Waals surface area contributed by atoms with E-state index in [1.165, 1.54) is 12.3 Å². The molecule has 0 aliphatic carbocycles. The van der Waals surface area contributed by atoms with Crippen LogP contribution in [-0.2, 0) is 4.74 Å². The van der Waals surface area contributed by atoms with Crippen LogP contribution in [0.1, 0.15) is 26.2 Å². The van der Waals surface area contributed by atoms with Crippen LogP contribution in [0.4, 0.5) is 18.9 Å². The Morgan fingerprint density at radius 3 is 2.86 bits per heavy atom. The fourth-order valence-electron chi connectivity index (χ4n) is 2.24. The normalized spacial score (nSPS) is 22.9. The summed E-state index contributed by atoms with van der Waals surface area (Å²) in [6.45, 7) is 1.47. The number of aromatic nitrogens is 1. The quantitative estimate of drug-likeness (QED) is 0.905. The van der Waals surface area contributed by atoms with E-state index in [0.29, 0.717) is 6.04 Å². The molecule has 118 valence electrons. The predicted molar refractivity (Wildman–Crippen MR) is 72.5 cm³/mol. The Bertz CT molecular complexity index is 437. The highest BCUT2D eigenvalue weighted by Crippen LogP contribution is 2.22. The van der Waals surface area contributed by atoms with Crippen LogP contribution in [0.5, 0.6) is 5.88 Å². The molecule has 2 atom stereocenters. The molecular formula is C14H19F3N2O2. The molecule has 1 aromatic heterocycles. The van der Waals surface area contributed by atoms with Crippen molar-refractivity contribution in [2.45, 2.75) is 44.5 Å². The fourth-order valence-corrected chi connectivity index (χ4v) is 2.24. The third-order valence-corrected chi connectivity index (χ3v) is 3.31. The van der Waals surface area contributed by atoms with E-state index in [1.54, 1.807) is 6.07 Å². The molecule has 1 aliphatic rings. The first-order chi connectivity index (χ1) is 9.96. The fraction of sp³-hybridized carbons (Fsp3) is 0.643. The number of hydrogen-bond acceptors (Lipinski definition) is 4. The molecule has 0 spiro atoms. The number of alkyl halides is 3. The van der Waals surface area contributed by atoms with Crippen molar-refractivity contribution < 1.29 is 22.6 Å². The van der Waals surface area contributed by atoms with Crippen molar-refractivity contribution in [3.63, 3.8) is 0 Å². The van der Waals surface area contributed by atoms with Crippen molar-refractivity contribution in [2.75, 3.05) is 18.5 Å². The number of ether oxygens (including phenoxy) is 2. The Morgan fingerprint density at radius 2 is 2.24 bits per heavy atom. The van der Waals surface area contributed by atoms with Crippen molar-refractivity contribution in [2.24, 2.45) is 0 Å². The van der Waals surface area contributed by atoms with Crippen LogP contribution >= 0.6 is 0 Å². The van der Waals surface area contributed by atoms with Crippen LogP contribution in [0, 0.1) is 0 Å². The lowest BCUT2D eigenvalue weighted by atomic mass is 10.0. The Balaban J connectivity index is 1.84. The lowest BCUT2D eigenvalue weighted by Gasteiger charge is -2.30. The summed E-state index contributed by atoms with van der Waals surface area (Å²) in [7, 11) is 0. The minimum Gasteiger partial charge on any atom is -0.468 e. The third kappa shape index (κ3) is 5.41. The summed E-state index contributed by atoms with van der Waals surface area (Å²) in [5, 5.41) is 3.32. The molecular weight excluding hydrogens is 285 g/mol. The van der Waals surface area contributed by atoms with Gasteiger partial charge in [-0.15, -0.1) is 0 Å². The first-order valence-corrected chi connectivity index (χ1v) is 7.00. The molecule has 2 rings (SSSR count). The molecule has 4 nitrogen and oxygen atoms in total. The lowest BCUT2D eigenvalue weighted by Crippen LogP contribution is -2.33. The highest BCUT2D eigenvalue weighted by Gasteiger charge is 2.28. The topological polar surface area (TPSA) is 43.4 Å².